The van der Waals surface area contributed by atoms with Gasteiger partial charge in [-0.1, -0.05) is 35.9 Å². The minimum absolute atomic E-state index is 0.0846. The third kappa shape index (κ3) is 5.39. The zero-order chi connectivity index (χ0) is 22.8. The Morgan fingerprint density at radius 3 is 2.52 bits per heavy atom. The van der Waals surface area contributed by atoms with Gasteiger partial charge in [0, 0.05) is 31.1 Å². The molecular formula is C27H33ClO5. The first-order chi connectivity index (χ1) is 16.0. The van der Waals surface area contributed by atoms with Gasteiger partial charge in [0.2, 0.25) is 0 Å². The number of aliphatic hydroxyl groups is 2. The smallest absolute Gasteiger partial charge is 0.119 e. The topological polar surface area (TPSA) is 68.2 Å². The zero-order valence-electron chi connectivity index (χ0n) is 18.9. The summed E-state index contributed by atoms with van der Waals surface area (Å²) in [5, 5.41) is 20.3. The van der Waals surface area contributed by atoms with E-state index >= 15 is 0 Å². The summed E-state index contributed by atoms with van der Waals surface area (Å²) in [6.45, 7) is 1.69. The maximum absolute atomic E-state index is 10.1. The van der Waals surface area contributed by atoms with Crippen molar-refractivity contribution in [1.82, 2.24) is 0 Å². The second-order valence-corrected chi connectivity index (χ2v) is 10.4. The molecule has 178 valence electrons. The van der Waals surface area contributed by atoms with Gasteiger partial charge in [-0.3, -0.25) is 0 Å². The van der Waals surface area contributed by atoms with Crippen LogP contribution < -0.4 is 4.74 Å². The fraction of sp³-hybridized carbons (Fsp3) is 0.556. The van der Waals surface area contributed by atoms with Crippen molar-refractivity contribution in [2.75, 3.05) is 19.8 Å². The van der Waals surface area contributed by atoms with Crippen molar-refractivity contribution in [2.45, 2.75) is 69.4 Å². The number of ether oxygens (including phenoxy) is 3. The van der Waals surface area contributed by atoms with Crippen LogP contribution in [0.5, 0.6) is 5.75 Å². The second kappa shape index (κ2) is 9.93. The molecule has 6 heteroatoms. The van der Waals surface area contributed by atoms with Crippen molar-refractivity contribution in [3.63, 3.8) is 0 Å². The molecule has 0 unspecified atom stereocenters. The Hall–Kier alpha value is -1.63. The minimum atomic E-state index is -0.468. The van der Waals surface area contributed by atoms with Crippen molar-refractivity contribution >= 4 is 11.6 Å². The monoisotopic (exact) mass is 472 g/mol. The van der Waals surface area contributed by atoms with Crippen LogP contribution in [-0.4, -0.2) is 48.3 Å². The van der Waals surface area contributed by atoms with E-state index in [0.29, 0.717) is 35.8 Å². The van der Waals surface area contributed by atoms with Gasteiger partial charge in [-0.25, -0.2) is 0 Å². The summed E-state index contributed by atoms with van der Waals surface area (Å²) in [6, 6.07) is 14.2. The van der Waals surface area contributed by atoms with E-state index in [0.717, 1.165) is 61.3 Å². The van der Waals surface area contributed by atoms with Crippen LogP contribution in [0.15, 0.2) is 42.5 Å². The lowest BCUT2D eigenvalue weighted by Gasteiger charge is -2.49. The molecule has 0 amide bonds. The molecule has 0 bridgehead atoms. The molecule has 1 aliphatic carbocycles. The Kier molecular flexibility index (Phi) is 6.96. The summed E-state index contributed by atoms with van der Waals surface area (Å²) in [5.41, 5.74) is 3.62. The molecule has 3 aliphatic rings. The van der Waals surface area contributed by atoms with Crippen LogP contribution in [-0.2, 0) is 15.9 Å². The van der Waals surface area contributed by atoms with Gasteiger partial charge in [0.25, 0.3) is 0 Å². The van der Waals surface area contributed by atoms with Crippen LogP contribution in [0.3, 0.4) is 0 Å². The highest BCUT2D eigenvalue weighted by molar-refractivity contribution is 6.31. The Morgan fingerprint density at radius 2 is 1.79 bits per heavy atom. The molecule has 1 saturated carbocycles. The van der Waals surface area contributed by atoms with Crippen molar-refractivity contribution in [1.29, 1.82) is 0 Å². The molecule has 2 N–H and O–H groups in total. The van der Waals surface area contributed by atoms with E-state index in [1.165, 1.54) is 0 Å². The molecule has 5 rings (SSSR count). The van der Waals surface area contributed by atoms with Gasteiger partial charge in [-0.2, -0.15) is 0 Å². The highest BCUT2D eigenvalue weighted by atomic mass is 35.5. The second-order valence-electron chi connectivity index (χ2n) is 9.99. The van der Waals surface area contributed by atoms with Crippen LogP contribution in [0, 0.1) is 5.41 Å². The fourth-order valence-electron chi connectivity index (χ4n) is 5.55. The van der Waals surface area contributed by atoms with Crippen molar-refractivity contribution in [2.24, 2.45) is 5.41 Å². The maximum atomic E-state index is 10.1. The Balaban J connectivity index is 1.20. The predicted octanol–water partition coefficient (Wildman–Crippen LogP) is 4.84. The van der Waals surface area contributed by atoms with Crippen LogP contribution in [0.2, 0.25) is 5.02 Å². The number of benzene rings is 2. The van der Waals surface area contributed by atoms with Crippen LogP contribution >= 0.6 is 11.6 Å². The van der Waals surface area contributed by atoms with Crippen molar-refractivity contribution in [3.05, 3.63) is 64.2 Å². The van der Waals surface area contributed by atoms with Crippen LogP contribution in [0.4, 0.5) is 0 Å². The van der Waals surface area contributed by atoms with Crippen molar-refractivity contribution < 1.29 is 24.4 Å². The Bertz CT molecular complexity index is 932. The van der Waals surface area contributed by atoms with Gasteiger partial charge in [0.1, 0.15) is 5.75 Å². The molecule has 2 aliphatic heterocycles. The van der Waals surface area contributed by atoms with Gasteiger partial charge in [-0.05, 0) is 72.4 Å². The van der Waals surface area contributed by atoms with Crippen molar-refractivity contribution in [3.8, 4) is 5.75 Å². The first-order valence-electron chi connectivity index (χ1n) is 12.1. The summed E-state index contributed by atoms with van der Waals surface area (Å²) in [4.78, 5) is 0. The average Bonchev–Trinajstić information content (AvgIpc) is 2.81. The van der Waals surface area contributed by atoms with E-state index < -0.39 is 6.10 Å². The standard InChI is InChI=1S/C27H33ClO5/c28-25-6-3-19(26-14-21(30)13-23(17-29)33-26)12-20(25)11-18-1-4-22(5-2-18)32-24-15-27(16-24)7-9-31-10-8-27/h1-6,12,21,23-24,26,29-30H,7-11,13-17H2/t21-,23-,26+/m0/s1. The van der Waals surface area contributed by atoms with Gasteiger partial charge in [0.05, 0.1) is 31.0 Å². The van der Waals surface area contributed by atoms with E-state index in [2.05, 4.69) is 30.3 Å². The lowest BCUT2D eigenvalue weighted by molar-refractivity contribution is -0.113. The lowest BCUT2D eigenvalue weighted by Crippen LogP contribution is -2.47. The highest BCUT2D eigenvalue weighted by Crippen LogP contribution is 2.50. The highest BCUT2D eigenvalue weighted by Gasteiger charge is 2.46. The molecule has 2 aromatic rings. The largest absolute Gasteiger partial charge is 0.490 e. The molecule has 33 heavy (non-hydrogen) atoms. The molecule has 5 nitrogen and oxygen atoms in total. The van der Waals surface area contributed by atoms with Gasteiger partial charge in [-0.15, -0.1) is 0 Å². The number of aliphatic hydroxyl groups excluding tert-OH is 2. The SMILES string of the molecule is OC[C@@H]1C[C@H](O)C[C@H](c2ccc(Cl)c(Cc3ccc(OC4CC5(CCOCC5)C4)cc3)c2)O1. The predicted molar refractivity (Wildman–Crippen MR) is 127 cm³/mol. The maximum Gasteiger partial charge on any atom is 0.119 e. The molecule has 0 radical (unpaired) electrons. The fourth-order valence-corrected chi connectivity index (χ4v) is 5.74. The Labute approximate surface area is 200 Å². The molecule has 0 aromatic heterocycles. The van der Waals surface area contributed by atoms with Crippen LogP contribution in [0.1, 0.15) is 61.3 Å². The Morgan fingerprint density at radius 1 is 1.03 bits per heavy atom. The lowest BCUT2D eigenvalue weighted by atomic mass is 9.62. The number of rotatable bonds is 6. The summed E-state index contributed by atoms with van der Waals surface area (Å²) >= 11 is 6.50. The van der Waals surface area contributed by atoms with E-state index in [1.807, 2.05) is 12.1 Å². The minimum Gasteiger partial charge on any atom is -0.490 e. The number of hydrogen-bond donors (Lipinski definition) is 2. The third-order valence-electron chi connectivity index (χ3n) is 7.52. The van der Waals surface area contributed by atoms with Gasteiger partial charge in [0.15, 0.2) is 0 Å². The molecule has 2 saturated heterocycles. The summed E-state index contributed by atoms with van der Waals surface area (Å²) in [6.07, 6.45) is 5.58. The van der Waals surface area contributed by atoms with Crippen LogP contribution in [0.25, 0.3) is 0 Å². The molecule has 1 spiro atoms. The summed E-state index contributed by atoms with van der Waals surface area (Å²) < 4.78 is 17.7. The molecule has 3 atom stereocenters. The average molecular weight is 473 g/mol. The number of halogens is 1. The van der Waals surface area contributed by atoms with E-state index in [9.17, 15) is 10.2 Å². The number of hydrogen-bond acceptors (Lipinski definition) is 5. The molecule has 2 aromatic carbocycles. The molecular weight excluding hydrogens is 440 g/mol. The molecule has 2 heterocycles. The van der Waals surface area contributed by atoms with E-state index in [1.54, 1.807) is 0 Å². The van der Waals surface area contributed by atoms with Gasteiger partial charge >= 0.3 is 0 Å². The first kappa shape index (κ1) is 23.1. The zero-order valence-corrected chi connectivity index (χ0v) is 19.7. The quantitative estimate of drug-likeness (QED) is 0.629. The molecule has 3 fully saturated rings. The van der Waals surface area contributed by atoms with E-state index in [-0.39, 0.29) is 18.8 Å². The normalized spacial score (nSPS) is 27.3. The third-order valence-corrected chi connectivity index (χ3v) is 7.89. The summed E-state index contributed by atoms with van der Waals surface area (Å²) in [7, 11) is 0. The summed E-state index contributed by atoms with van der Waals surface area (Å²) in [5.74, 6) is 0.921. The van der Waals surface area contributed by atoms with E-state index in [4.69, 9.17) is 25.8 Å². The van der Waals surface area contributed by atoms with Gasteiger partial charge < -0.3 is 24.4 Å². The first-order valence-corrected chi connectivity index (χ1v) is 12.5.